The van der Waals surface area contributed by atoms with Gasteiger partial charge in [0.15, 0.2) is 6.23 Å². The first-order chi connectivity index (χ1) is 10.2. The van der Waals surface area contributed by atoms with E-state index in [-0.39, 0.29) is 17.1 Å². The number of benzene rings is 1. The Hall–Kier alpha value is -1.56. The Kier molecular flexibility index (Phi) is 4.80. The highest BCUT2D eigenvalue weighted by atomic mass is 32.2. The zero-order valence-electron chi connectivity index (χ0n) is 11.3. The van der Waals surface area contributed by atoms with E-state index in [2.05, 4.69) is 5.32 Å². The number of hydrogen-bond donors (Lipinski definition) is 5. The lowest BCUT2D eigenvalue weighted by Crippen LogP contribution is -2.58. The lowest BCUT2D eigenvalue weighted by Gasteiger charge is -2.35. The normalized spacial score (nSPS) is 29.1. The van der Waals surface area contributed by atoms with Crippen molar-refractivity contribution >= 4 is 15.9 Å². The number of rotatable bonds is 3. The lowest BCUT2D eigenvalue weighted by molar-refractivity contribution is -0.191. The van der Waals surface area contributed by atoms with Crippen molar-refractivity contribution in [2.45, 2.75) is 29.4 Å². The van der Waals surface area contributed by atoms with Gasteiger partial charge in [-0.15, -0.1) is 0 Å². The second kappa shape index (κ2) is 6.28. The van der Waals surface area contributed by atoms with Crippen LogP contribution < -0.4 is 10.5 Å². The summed E-state index contributed by atoms with van der Waals surface area (Å²) in [7, 11) is -3.85. The molecule has 6 N–H and O–H groups in total. The van der Waals surface area contributed by atoms with Crippen molar-refractivity contribution in [1.82, 2.24) is 5.32 Å². The Labute approximate surface area is 126 Å². The van der Waals surface area contributed by atoms with E-state index in [1.807, 2.05) is 0 Å². The Morgan fingerprint density at radius 2 is 1.77 bits per heavy atom. The van der Waals surface area contributed by atoms with Gasteiger partial charge >= 0.3 is 0 Å². The lowest BCUT2D eigenvalue weighted by atomic mass is 10.0. The summed E-state index contributed by atoms with van der Waals surface area (Å²) in [6.45, 7) is -0.243. The summed E-state index contributed by atoms with van der Waals surface area (Å²) in [5.41, 5.74) is 0.115. The van der Waals surface area contributed by atoms with E-state index in [1.54, 1.807) is 0 Å². The SMILES string of the molecule is NS(=O)(=O)c1ccc(C(=O)N[C@@H]2OC[C@H](O)[C@H](O)[C@H]2O)cc1. The number of sulfonamides is 1. The van der Waals surface area contributed by atoms with Crippen LogP contribution >= 0.6 is 0 Å². The van der Waals surface area contributed by atoms with Crippen LogP contribution in [-0.4, -0.2) is 60.8 Å². The van der Waals surface area contributed by atoms with Crippen LogP contribution in [0.4, 0.5) is 0 Å². The van der Waals surface area contributed by atoms with Gasteiger partial charge in [-0.2, -0.15) is 0 Å². The molecule has 0 radical (unpaired) electrons. The van der Waals surface area contributed by atoms with Gasteiger partial charge in [-0.1, -0.05) is 0 Å². The molecule has 2 rings (SSSR count). The fraction of sp³-hybridized carbons (Fsp3) is 0.417. The molecule has 1 aromatic rings. The predicted molar refractivity (Wildman–Crippen MR) is 73.0 cm³/mol. The summed E-state index contributed by atoms with van der Waals surface area (Å²) >= 11 is 0. The molecule has 0 spiro atoms. The molecule has 4 atom stereocenters. The van der Waals surface area contributed by atoms with Gasteiger partial charge in [0, 0.05) is 5.56 Å². The van der Waals surface area contributed by atoms with E-state index in [1.165, 1.54) is 24.3 Å². The van der Waals surface area contributed by atoms with Crippen LogP contribution in [0.15, 0.2) is 29.2 Å². The van der Waals surface area contributed by atoms with Crippen molar-refractivity contribution < 1.29 is 33.3 Å². The van der Waals surface area contributed by atoms with Crippen molar-refractivity contribution in [3.05, 3.63) is 29.8 Å². The number of aliphatic hydroxyl groups excluding tert-OH is 3. The Balaban J connectivity index is 2.06. The maximum atomic E-state index is 12.0. The molecule has 0 aromatic heterocycles. The van der Waals surface area contributed by atoms with Crippen LogP contribution in [0.25, 0.3) is 0 Å². The van der Waals surface area contributed by atoms with Crippen molar-refractivity contribution in [2.24, 2.45) is 5.14 Å². The first kappa shape index (κ1) is 16.8. The Morgan fingerprint density at radius 3 is 2.32 bits per heavy atom. The summed E-state index contributed by atoms with van der Waals surface area (Å²) in [4.78, 5) is 11.8. The van der Waals surface area contributed by atoms with Crippen LogP contribution in [0.5, 0.6) is 0 Å². The van der Waals surface area contributed by atoms with E-state index < -0.39 is 40.5 Å². The maximum absolute atomic E-state index is 12.0. The zero-order chi connectivity index (χ0) is 16.5. The molecular weight excluding hydrogens is 316 g/mol. The van der Waals surface area contributed by atoms with Crippen LogP contribution in [0.1, 0.15) is 10.4 Å². The molecule has 1 amide bonds. The smallest absolute Gasteiger partial charge is 0.253 e. The predicted octanol–water partition coefficient (Wildman–Crippen LogP) is -2.50. The zero-order valence-corrected chi connectivity index (χ0v) is 12.1. The molecule has 1 aromatic carbocycles. The van der Waals surface area contributed by atoms with Crippen molar-refractivity contribution in [3.63, 3.8) is 0 Å². The summed E-state index contributed by atoms with van der Waals surface area (Å²) in [6.07, 6.45) is -5.36. The molecule has 1 heterocycles. The third kappa shape index (κ3) is 3.61. The van der Waals surface area contributed by atoms with Crippen molar-refractivity contribution in [3.8, 4) is 0 Å². The molecule has 22 heavy (non-hydrogen) atoms. The molecule has 10 heteroatoms. The van der Waals surface area contributed by atoms with E-state index in [4.69, 9.17) is 9.88 Å². The molecule has 9 nitrogen and oxygen atoms in total. The van der Waals surface area contributed by atoms with Crippen LogP contribution in [0.3, 0.4) is 0 Å². The highest BCUT2D eigenvalue weighted by molar-refractivity contribution is 7.89. The average Bonchev–Trinajstić information content (AvgIpc) is 2.47. The van der Waals surface area contributed by atoms with Crippen molar-refractivity contribution in [2.75, 3.05) is 6.61 Å². The van der Waals surface area contributed by atoms with Crippen LogP contribution in [0.2, 0.25) is 0 Å². The minimum Gasteiger partial charge on any atom is -0.388 e. The van der Waals surface area contributed by atoms with Gasteiger partial charge in [0.05, 0.1) is 11.5 Å². The molecule has 0 aliphatic carbocycles. The van der Waals surface area contributed by atoms with Crippen molar-refractivity contribution in [1.29, 1.82) is 0 Å². The molecule has 0 saturated carbocycles. The molecule has 1 aliphatic rings. The Bertz CT molecular complexity index is 646. The molecule has 122 valence electrons. The van der Waals surface area contributed by atoms with Gasteiger partial charge in [-0.3, -0.25) is 4.79 Å². The standard InChI is InChI=1S/C12H16N2O7S/c13-22(19,20)7-3-1-6(2-4-7)11(18)14-12-10(17)9(16)8(15)5-21-12/h1-4,8-10,12,15-17H,5H2,(H,14,18)(H2,13,19,20)/t8-,9-,10+,12+/m0/s1. The third-order valence-corrected chi connectivity index (χ3v) is 4.15. The second-order valence-corrected chi connectivity index (χ2v) is 6.41. The molecule has 1 fully saturated rings. The highest BCUT2D eigenvalue weighted by Crippen LogP contribution is 2.15. The van der Waals surface area contributed by atoms with Gasteiger partial charge in [0.25, 0.3) is 5.91 Å². The van der Waals surface area contributed by atoms with Gasteiger partial charge in [0.1, 0.15) is 18.3 Å². The monoisotopic (exact) mass is 332 g/mol. The first-order valence-electron chi connectivity index (χ1n) is 6.29. The number of carbonyl (C=O) groups excluding carboxylic acids is 1. The number of ether oxygens (including phenoxy) is 1. The second-order valence-electron chi connectivity index (χ2n) is 4.85. The number of aliphatic hydroxyl groups is 3. The minimum atomic E-state index is -3.85. The van der Waals surface area contributed by atoms with Gasteiger partial charge in [-0.25, -0.2) is 13.6 Å². The number of amides is 1. The number of nitrogens with one attached hydrogen (secondary N) is 1. The first-order valence-corrected chi connectivity index (χ1v) is 7.84. The summed E-state index contributed by atoms with van der Waals surface area (Å²) in [5, 5.41) is 35.8. The number of nitrogens with two attached hydrogens (primary N) is 1. The molecule has 0 bridgehead atoms. The molecule has 1 saturated heterocycles. The minimum absolute atomic E-state index is 0.115. The van der Waals surface area contributed by atoms with E-state index in [0.717, 1.165) is 0 Å². The van der Waals surface area contributed by atoms with E-state index in [9.17, 15) is 28.5 Å². The number of hydrogen-bond acceptors (Lipinski definition) is 7. The van der Waals surface area contributed by atoms with Gasteiger partial charge < -0.3 is 25.4 Å². The van der Waals surface area contributed by atoms with E-state index in [0.29, 0.717) is 0 Å². The fourth-order valence-corrected chi connectivity index (χ4v) is 2.46. The van der Waals surface area contributed by atoms with Crippen LogP contribution in [-0.2, 0) is 14.8 Å². The molecule has 0 unspecified atom stereocenters. The number of primary sulfonamides is 1. The number of carbonyl (C=O) groups is 1. The molecular formula is C12H16N2O7S. The summed E-state index contributed by atoms with van der Waals surface area (Å²) < 4.78 is 27.3. The van der Waals surface area contributed by atoms with Gasteiger partial charge in [-0.05, 0) is 24.3 Å². The largest absolute Gasteiger partial charge is 0.388 e. The van der Waals surface area contributed by atoms with E-state index >= 15 is 0 Å². The maximum Gasteiger partial charge on any atom is 0.253 e. The Morgan fingerprint density at radius 1 is 1.18 bits per heavy atom. The third-order valence-electron chi connectivity index (χ3n) is 3.22. The summed E-state index contributed by atoms with van der Waals surface area (Å²) in [6, 6.07) is 4.83. The topological polar surface area (TPSA) is 159 Å². The highest BCUT2D eigenvalue weighted by Gasteiger charge is 2.38. The summed E-state index contributed by atoms with van der Waals surface area (Å²) in [5.74, 6) is -0.645. The molecule has 1 aliphatic heterocycles. The van der Waals surface area contributed by atoms with Gasteiger partial charge in [0.2, 0.25) is 10.0 Å². The van der Waals surface area contributed by atoms with Crippen LogP contribution in [0, 0.1) is 0 Å². The quantitative estimate of drug-likeness (QED) is 0.409. The average molecular weight is 332 g/mol. The fourth-order valence-electron chi connectivity index (χ4n) is 1.94.